The van der Waals surface area contributed by atoms with Crippen LogP contribution in [-0.4, -0.2) is 45.9 Å². The first-order valence-corrected chi connectivity index (χ1v) is 6.61. The van der Waals surface area contributed by atoms with Crippen molar-refractivity contribution in [2.24, 2.45) is 0 Å². The summed E-state index contributed by atoms with van der Waals surface area (Å²) < 4.78 is 1.54. The van der Waals surface area contributed by atoms with Crippen LogP contribution < -0.4 is 0 Å². The van der Waals surface area contributed by atoms with Crippen molar-refractivity contribution < 1.29 is 9.90 Å². The molecule has 1 aromatic heterocycles. The van der Waals surface area contributed by atoms with Gasteiger partial charge in [0, 0.05) is 13.6 Å². The Labute approximate surface area is 122 Å². The Bertz CT molecular complexity index is 610. The molecule has 0 aliphatic heterocycles. The molecule has 1 aromatic carbocycles. The van der Waals surface area contributed by atoms with Gasteiger partial charge in [0.05, 0.1) is 23.6 Å². The predicted molar refractivity (Wildman–Crippen MR) is 77.4 cm³/mol. The van der Waals surface area contributed by atoms with Crippen LogP contribution in [0, 0.1) is 6.92 Å². The number of benzene rings is 1. The number of carbonyl (C=O) groups is 1. The fraction of sp³-hybridized carbons (Fsp3) is 0.286. The van der Waals surface area contributed by atoms with E-state index in [0.29, 0.717) is 11.3 Å². The van der Waals surface area contributed by atoms with E-state index in [1.54, 1.807) is 14.0 Å². The summed E-state index contributed by atoms with van der Waals surface area (Å²) in [6, 6.07) is 9.38. The Kier molecular flexibility index (Phi) is 4.42. The minimum absolute atomic E-state index is 0.0915. The van der Waals surface area contributed by atoms with E-state index in [1.165, 1.54) is 9.58 Å². The van der Waals surface area contributed by atoms with Gasteiger partial charge >= 0.3 is 0 Å². The predicted octanol–water partition coefficient (Wildman–Crippen LogP) is 1.90. The molecule has 2 aromatic rings. The Morgan fingerprint density at radius 1 is 1.40 bits per heavy atom. The molecular weight excluding hydrogens is 278 g/mol. The lowest BCUT2D eigenvalue weighted by Gasteiger charge is -2.15. The number of hydrogen-bond donors (Lipinski definition) is 1. The Balaban J connectivity index is 2.42. The van der Waals surface area contributed by atoms with Crippen LogP contribution in [0.4, 0.5) is 0 Å². The molecule has 20 heavy (non-hydrogen) atoms. The Morgan fingerprint density at radius 3 is 2.65 bits per heavy atom. The van der Waals surface area contributed by atoms with Gasteiger partial charge in [0.1, 0.15) is 5.15 Å². The van der Waals surface area contributed by atoms with Gasteiger partial charge in [-0.2, -0.15) is 5.10 Å². The van der Waals surface area contributed by atoms with Crippen molar-refractivity contribution in [3.05, 3.63) is 46.7 Å². The molecule has 0 aliphatic carbocycles. The molecule has 0 radical (unpaired) electrons. The molecule has 0 aliphatic rings. The highest BCUT2D eigenvalue weighted by Gasteiger charge is 2.23. The number of rotatable bonds is 4. The minimum Gasteiger partial charge on any atom is -0.395 e. The molecule has 1 amide bonds. The van der Waals surface area contributed by atoms with Crippen molar-refractivity contribution in [1.82, 2.24) is 14.7 Å². The van der Waals surface area contributed by atoms with E-state index in [9.17, 15) is 4.79 Å². The number of likely N-dealkylation sites (N-methyl/N-ethyl adjacent to an activating group) is 1. The van der Waals surface area contributed by atoms with Crippen molar-refractivity contribution in [3.8, 4) is 5.69 Å². The average Bonchev–Trinajstić information content (AvgIpc) is 2.74. The van der Waals surface area contributed by atoms with Crippen LogP contribution >= 0.6 is 11.6 Å². The van der Waals surface area contributed by atoms with Crippen molar-refractivity contribution >= 4 is 17.5 Å². The summed E-state index contributed by atoms with van der Waals surface area (Å²) >= 11 is 6.29. The summed E-state index contributed by atoms with van der Waals surface area (Å²) in [5.41, 5.74) is 1.73. The first kappa shape index (κ1) is 14.6. The maximum atomic E-state index is 12.3. The number of nitrogens with zero attached hydrogens (tertiary/aromatic N) is 3. The van der Waals surface area contributed by atoms with Crippen molar-refractivity contribution in [2.45, 2.75) is 6.92 Å². The van der Waals surface area contributed by atoms with Gasteiger partial charge < -0.3 is 10.0 Å². The largest absolute Gasteiger partial charge is 0.395 e. The number of amides is 1. The fourth-order valence-electron chi connectivity index (χ4n) is 1.92. The molecule has 106 valence electrons. The van der Waals surface area contributed by atoms with Crippen molar-refractivity contribution in [3.63, 3.8) is 0 Å². The number of aliphatic hydroxyl groups excluding tert-OH is 1. The highest BCUT2D eigenvalue weighted by atomic mass is 35.5. The van der Waals surface area contributed by atoms with E-state index in [1.807, 2.05) is 30.3 Å². The Morgan fingerprint density at radius 2 is 2.05 bits per heavy atom. The zero-order valence-corrected chi connectivity index (χ0v) is 12.1. The number of aryl methyl sites for hydroxylation is 1. The third-order valence-electron chi connectivity index (χ3n) is 3.00. The summed E-state index contributed by atoms with van der Waals surface area (Å²) in [5, 5.41) is 13.5. The molecular formula is C14H16ClN3O2. The topological polar surface area (TPSA) is 58.4 Å². The van der Waals surface area contributed by atoms with Crippen molar-refractivity contribution in [1.29, 1.82) is 0 Å². The van der Waals surface area contributed by atoms with Crippen molar-refractivity contribution in [2.75, 3.05) is 20.2 Å². The zero-order chi connectivity index (χ0) is 14.7. The summed E-state index contributed by atoms with van der Waals surface area (Å²) in [5.74, 6) is -0.247. The van der Waals surface area contributed by atoms with E-state index in [4.69, 9.17) is 16.7 Å². The van der Waals surface area contributed by atoms with Crippen LogP contribution in [0.25, 0.3) is 5.69 Å². The number of aromatic nitrogens is 2. The third-order valence-corrected chi connectivity index (χ3v) is 3.35. The molecule has 0 fully saturated rings. The smallest absolute Gasteiger partial charge is 0.258 e. The minimum atomic E-state index is -0.247. The lowest BCUT2D eigenvalue weighted by molar-refractivity contribution is 0.0766. The van der Waals surface area contributed by atoms with Gasteiger partial charge in [-0.15, -0.1) is 0 Å². The second-order valence-electron chi connectivity index (χ2n) is 4.45. The number of para-hydroxylation sites is 1. The molecule has 6 heteroatoms. The van der Waals surface area contributed by atoms with E-state index in [-0.39, 0.29) is 24.2 Å². The zero-order valence-electron chi connectivity index (χ0n) is 11.4. The van der Waals surface area contributed by atoms with E-state index < -0.39 is 0 Å². The van der Waals surface area contributed by atoms with Gasteiger partial charge in [-0.05, 0) is 19.1 Å². The molecule has 1 N–H and O–H groups in total. The molecule has 0 spiro atoms. The van der Waals surface area contributed by atoms with Gasteiger partial charge in [0.15, 0.2) is 0 Å². The summed E-state index contributed by atoms with van der Waals surface area (Å²) in [7, 11) is 1.62. The maximum Gasteiger partial charge on any atom is 0.258 e. The van der Waals surface area contributed by atoms with Crippen LogP contribution in [0.3, 0.4) is 0 Å². The van der Waals surface area contributed by atoms with E-state index in [2.05, 4.69) is 5.10 Å². The molecule has 5 nitrogen and oxygen atoms in total. The number of halogens is 1. The highest BCUT2D eigenvalue weighted by Crippen LogP contribution is 2.24. The lowest BCUT2D eigenvalue weighted by atomic mass is 10.2. The second-order valence-corrected chi connectivity index (χ2v) is 4.81. The summed E-state index contributed by atoms with van der Waals surface area (Å²) in [6.07, 6.45) is 0. The van der Waals surface area contributed by atoms with Crippen LogP contribution in [0.5, 0.6) is 0 Å². The van der Waals surface area contributed by atoms with Gasteiger partial charge in [0.25, 0.3) is 5.91 Å². The van der Waals surface area contributed by atoms with Gasteiger partial charge in [-0.3, -0.25) is 4.79 Å². The number of aliphatic hydroxyl groups is 1. The molecule has 0 saturated carbocycles. The quantitative estimate of drug-likeness (QED) is 0.936. The van der Waals surface area contributed by atoms with E-state index in [0.717, 1.165) is 5.69 Å². The van der Waals surface area contributed by atoms with Crippen LogP contribution in [0.2, 0.25) is 5.15 Å². The number of hydrogen-bond acceptors (Lipinski definition) is 3. The summed E-state index contributed by atoms with van der Waals surface area (Å²) in [6.45, 7) is 1.90. The van der Waals surface area contributed by atoms with Gasteiger partial charge in [-0.1, -0.05) is 29.8 Å². The van der Waals surface area contributed by atoms with Gasteiger partial charge in [-0.25, -0.2) is 4.68 Å². The summed E-state index contributed by atoms with van der Waals surface area (Å²) in [4.78, 5) is 13.7. The van der Waals surface area contributed by atoms with Gasteiger partial charge in [0.2, 0.25) is 0 Å². The van der Waals surface area contributed by atoms with Crippen LogP contribution in [0.15, 0.2) is 30.3 Å². The van der Waals surface area contributed by atoms with E-state index >= 15 is 0 Å². The molecule has 0 atom stereocenters. The van der Waals surface area contributed by atoms with Crippen LogP contribution in [0.1, 0.15) is 16.1 Å². The normalized spacial score (nSPS) is 10.6. The lowest BCUT2D eigenvalue weighted by Crippen LogP contribution is -2.29. The molecule has 2 rings (SSSR count). The monoisotopic (exact) mass is 293 g/mol. The highest BCUT2D eigenvalue weighted by molar-refractivity contribution is 6.33. The second kappa shape index (κ2) is 6.07. The third kappa shape index (κ3) is 2.69. The standard InChI is InChI=1S/C14H16ClN3O2/c1-10-12(14(20)17(2)8-9-19)13(15)18(16-10)11-6-4-3-5-7-11/h3-7,19H,8-9H2,1-2H3. The first-order valence-electron chi connectivity index (χ1n) is 6.23. The SMILES string of the molecule is Cc1nn(-c2ccccc2)c(Cl)c1C(=O)N(C)CCO. The average molecular weight is 294 g/mol. The molecule has 1 heterocycles. The Hall–Kier alpha value is -1.85. The molecule has 0 saturated heterocycles. The van der Waals surface area contributed by atoms with Crippen LogP contribution in [-0.2, 0) is 0 Å². The first-order chi connectivity index (χ1) is 9.56. The fourth-order valence-corrected chi connectivity index (χ4v) is 2.28. The molecule has 0 unspecified atom stereocenters. The number of carbonyl (C=O) groups excluding carboxylic acids is 1. The molecule has 0 bridgehead atoms. The maximum absolute atomic E-state index is 12.3.